The summed E-state index contributed by atoms with van der Waals surface area (Å²) >= 11 is -1.95. The van der Waals surface area contributed by atoms with Crippen LogP contribution in [0.3, 0.4) is 0 Å². The van der Waals surface area contributed by atoms with Crippen LogP contribution in [-0.2, 0) is 11.3 Å². The van der Waals surface area contributed by atoms with E-state index in [1.807, 2.05) is 12.1 Å². The molecule has 1 aromatic carbocycles. The Morgan fingerprint density at radius 3 is 2.50 bits per heavy atom. The third kappa shape index (κ3) is 4.21. The summed E-state index contributed by atoms with van der Waals surface area (Å²) in [5, 5.41) is 0.927. The van der Waals surface area contributed by atoms with Crippen LogP contribution in [0.5, 0.6) is 11.5 Å². The zero-order chi connectivity index (χ0) is 18.5. The highest BCUT2D eigenvalue weighted by atomic mass is 32.2. The molecule has 1 aliphatic rings. The molecule has 1 aromatic heterocycles. The highest BCUT2D eigenvalue weighted by molar-refractivity contribution is 7.77. The van der Waals surface area contributed by atoms with Gasteiger partial charge in [0.05, 0.1) is 19.7 Å². The number of anilines is 1. The van der Waals surface area contributed by atoms with E-state index < -0.39 is 11.3 Å². The van der Waals surface area contributed by atoms with E-state index in [-0.39, 0.29) is 0 Å². The molecule has 10 heteroatoms. The van der Waals surface area contributed by atoms with Crippen molar-refractivity contribution in [1.29, 1.82) is 0 Å². The average Bonchev–Trinajstić information content (AvgIpc) is 2.66. The molecule has 0 radical (unpaired) electrons. The molecule has 9 nitrogen and oxygen atoms in total. The second-order valence-electron chi connectivity index (χ2n) is 5.89. The number of methoxy groups -OCH3 is 2. The summed E-state index contributed by atoms with van der Waals surface area (Å²) in [5.41, 5.74) is 0.810. The van der Waals surface area contributed by atoms with E-state index in [0.717, 1.165) is 49.4 Å². The normalized spacial score (nSPS) is 16.7. The van der Waals surface area contributed by atoms with Crippen molar-refractivity contribution in [1.82, 2.24) is 19.6 Å². The molecule has 1 aliphatic heterocycles. The Kier molecular flexibility index (Phi) is 6.20. The molecule has 2 heterocycles. The van der Waals surface area contributed by atoms with Crippen molar-refractivity contribution in [2.75, 3.05) is 58.4 Å². The van der Waals surface area contributed by atoms with Crippen molar-refractivity contribution in [3.05, 3.63) is 18.5 Å². The molecule has 1 unspecified atom stereocenters. The lowest BCUT2D eigenvalue weighted by Crippen LogP contribution is -2.48. The molecule has 0 bridgehead atoms. The smallest absolute Gasteiger partial charge is 0.231 e. The molecule has 3 rings (SSSR count). The second-order valence-corrected chi connectivity index (χ2v) is 6.68. The van der Waals surface area contributed by atoms with Gasteiger partial charge in [0.2, 0.25) is 11.3 Å². The molecule has 1 fully saturated rings. The Hall–Kier alpha value is -2.01. The fourth-order valence-corrected chi connectivity index (χ4v) is 3.36. The van der Waals surface area contributed by atoms with Crippen LogP contribution in [0.1, 0.15) is 0 Å². The molecule has 1 saturated heterocycles. The number of hydrogen-bond acceptors (Lipinski definition) is 7. The zero-order valence-electron chi connectivity index (χ0n) is 14.8. The van der Waals surface area contributed by atoms with Crippen LogP contribution in [0.25, 0.3) is 10.9 Å². The van der Waals surface area contributed by atoms with E-state index >= 15 is 0 Å². The number of aromatic nitrogens is 2. The van der Waals surface area contributed by atoms with Gasteiger partial charge in [-0.25, -0.2) is 18.9 Å². The van der Waals surface area contributed by atoms with Gasteiger partial charge in [-0.15, -0.1) is 0 Å². The van der Waals surface area contributed by atoms with E-state index in [0.29, 0.717) is 18.0 Å². The van der Waals surface area contributed by atoms with Gasteiger partial charge in [0, 0.05) is 50.7 Å². The number of nitrogens with one attached hydrogen (secondary N) is 1. The fourth-order valence-electron chi connectivity index (χ4n) is 3.10. The first-order chi connectivity index (χ1) is 12.6. The summed E-state index contributed by atoms with van der Waals surface area (Å²) in [5.74, 6) is 2.17. The highest BCUT2D eigenvalue weighted by Gasteiger charge is 2.21. The van der Waals surface area contributed by atoms with E-state index in [1.54, 1.807) is 20.5 Å². The minimum Gasteiger partial charge on any atom is -0.493 e. The van der Waals surface area contributed by atoms with Gasteiger partial charge in [-0.05, 0) is 6.07 Å². The Balaban J connectivity index is 1.74. The Morgan fingerprint density at radius 2 is 1.85 bits per heavy atom. The summed E-state index contributed by atoms with van der Waals surface area (Å²) in [6.07, 6.45) is 1.57. The number of benzene rings is 1. The number of fused-ring (bicyclic) bond motifs is 1. The highest BCUT2D eigenvalue weighted by Crippen LogP contribution is 2.34. The number of ether oxygens (including phenoxy) is 2. The SMILES string of the molecule is COc1cc2ncnc(N3CCN(CCNS(=O)O)CC3)c2cc1OC. The van der Waals surface area contributed by atoms with Crippen LogP contribution in [0.15, 0.2) is 18.5 Å². The van der Waals surface area contributed by atoms with Gasteiger partial charge in [-0.3, -0.25) is 9.45 Å². The second kappa shape index (κ2) is 8.58. The lowest BCUT2D eigenvalue weighted by molar-refractivity contribution is 0.261. The predicted octanol–water partition coefficient (Wildman–Crippen LogP) is 0.495. The van der Waals surface area contributed by atoms with Crippen LogP contribution >= 0.6 is 0 Å². The first-order valence-corrected chi connectivity index (χ1v) is 9.41. The predicted molar refractivity (Wildman–Crippen MR) is 100 cm³/mol. The largest absolute Gasteiger partial charge is 0.493 e. The van der Waals surface area contributed by atoms with Crippen molar-refractivity contribution in [3.8, 4) is 11.5 Å². The van der Waals surface area contributed by atoms with Gasteiger partial charge in [0.25, 0.3) is 0 Å². The summed E-state index contributed by atoms with van der Waals surface area (Å²) in [7, 11) is 3.21. The summed E-state index contributed by atoms with van der Waals surface area (Å²) in [6.45, 7) is 4.58. The molecule has 0 spiro atoms. The van der Waals surface area contributed by atoms with Gasteiger partial charge in [-0.2, -0.15) is 0 Å². The minimum atomic E-state index is -1.95. The molecule has 2 N–H and O–H groups in total. The van der Waals surface area contributed by atoms with Crippen LogP contribution < -0.4 is 19.1 Å². The molecule has 0 saturated carbocycles. The summed E-state index contributed by atoms with van der Waals surface area (Å²) in [6, 6.07) is 3.77. The van der Waals surface area contributed by atoms with Crippen molar-refractivity contribution in [2.45, 2.75) is 0 Å². The maximum absolute atomic E-state index is 10.6. The quantitative estimate of drug-likeness (QED) is 0.669. The third-order valence-electron chi connectivity index (χ3n) is 4.45. The Bertz CT molecular complexity index is 783. The van der Waals surface area contributed by atoms with Crippen molar-refractivity contribution in [3.63, 3.8) is 0 Å². The number of piperazine rings is 1. The molecule has 142 valence electrons. The number of rotatable bonds is 7. The van der Waals surface area contributed by atoms with Crippen molar-refractivity contribution < 1.29 is 18.2 Å². The number of nitrogens with zero attached hydrogens (tertiary/aromatic N) is 4. The Morgan fingerprint density at radius 1 is 1.15 bits per heavy atom. The molecule has 0 amide bonds. The third-order valence-corrected chi connectivity index (χ3v) is 4.90. The van der Waals surface area contributed by atoms with E-state index in [1.165, 1.54) is 0 Å². The molecule has 2 aromatic rings. The van der Waals surface area contributed by atoms with Gasteiger partial charge < -0.3 is 14.4 Å². The van der Waals surface area contributed by atoms with Gasteiger partial charge >= 0.3 is 0 Å². The van der Waals surface area contributed by atoms with Gasteiger partial charge in [-0.1, -0.05) is 0 Å². The summed E-state index contributed by atoms with van der Waals surface area (Å²) < 4.78 is 32.7. The lowest BCUT2D eigenvalue weighted by Gasteiger charge is -2.35. The molecular formula is C16H23N5O4S. The summed E-state index contributed by atoms with van der Waals surface area (Å²) in [4.78, 5) is 13.3. The molecule has 0 aliphatic carbocycles. The van der Waals surface area contributed by atoms with Crippen molar-refractivity contribution in [2.24, 2.45) is 0 Å². The lowest BCUT2D eigenvalue weighted by atomic mass is 10.2. The molecule has 26 heavy (non-hydrogen) atoms. The van der Waals surface area contributed by atoms with Gasteiger partial charge in [0.15, 0.2) is 11.5 Å². The van der Waals surface area contributed by atoms with Crippen LogP contribution in [-0.4, -0.2) is 77.1 Å². The van der Waals surface area contributed by atoms with Crippen LogP contribution in [0.2, 0.25) is 0 Å². The Labute approximate surface area is 154 Å². The topological polar surface area (TPSA) is 100 Å². The molecular weight excluding hydrogens is 358 g/mol. The fraction of sp³-hybridized carbons (Fsp3) is 0.500. The standard InChI is InChI=1S/C16H23N5O4S/c1-24-14-9-12-13(10-15(14)25-2)17-11-18-16(12)21-7-5-20(6-8-21)4-3-19-26(22)23/h9-11,19H,3-8H2,1-2H3,(H,22,23). The van der Waals surface area contributed by atoms with Crippen LogP contribution in [0, 0.1) is 0 Å². The zero-order valence-corrected chi connectivity index (χ0v) is 15.7. The maximum Gasteiger partial charge on any atom is 0.231 e. The van der Waals surface area contributed by atoms with Gasteiger partial charge in [0.1, 0.15) is 12.1 Å². The van der Waals surface area contributed by atoms with E-state index in [9.17, 15) is 4.21 Å². The maximum atomic E-state index is 10.6. The number of hydrogen-bond donors (Lipinski definition) is 2. The van der Waals surface area contributed by atoms with Crippen molar-refractivity contribution >= 4 is 28.0 Å². The minimum absolute atomic E-state index is 0.483. The monoisotopic (exact) mass is 381 g/mol. The first-order valence-electron chi connectivity index (χ1n) is 8.30. The van der Waals surface area contributed by atoms with E-state index in [2.05, 4.69) is 24.5 Å². The average molecular weight is 381 g/mol. The molecule has 1 atom stereocenters. The first kappa shape index (κ1) is 18.8. The van der Waals surface area contributed by atoms with E-state index in [4.69, 9.17) is 14.0 Å². The van der Waals surface area contributed by atoms with Crippen LogP contribution in [0.4, 0.5) is 5.82 Å².